The second-order valence-electron chi connectivity index (χ2n) is 4.86. The van der Waals surface area contributed by atoms with Gasteiger partial charge in [-0.3, -0.25) is 9.59 Å². The maximum absolute atomic E-state index is 11.9. The molecule has 0 atom stereocenters. The zero-order valence-electron chi connectivity index (χ0n) is 12.6. The summed E-state index contributed by atoms with van der Waals surface area (Å²) in [5.41, 5.74) is 1.11. The van der Waals surface area contributed by atoms with E-state index < -0.39 is 18.5 Å². The smallest absolute Gasteiger partial charge is 0.340 e. The minimum atomic E-state index is -0.746. The first-order valence-corrected chi connectivity index (χ1v) is 7.66. The topological polar surface area (TPSA) is 72.5 Å². The Kier molecular flexibility index (Phi) is 5.95. The average Bonchev–Trinajstić information content (AvgIpc) is 2.55. The average molecular weight is 366 g/mol. The Morgan fingerprint density at radius 1 is 1.04 bits per heavy atom. The van der Waals surface area contributed by atoms with Crippen molar-refractivity contribution >= 4 is 46.5 Å². The molecule has 2 aromatic rings. The molecule has 2 rings (SSSR count). The van der Waals surface area contributed by atoms with Crippen molar-refractivity contribution in [1.82, 2.24) is 0 Å². The van der Waals surface area contributed by atoms with Crippen LogP contribution in [0.25, 0.3) is 0 Å². The van der Waals surface area contributed by atoms with Crippen molar-refractivity contribution in [1.29, 1.82) is 0 Å². The van der Waals surface area contributed by atoms with Gasteiger partial charge in [-0.1, -0.05) is 29.3 Å². The SMILES string of the molecule is CC(=O)c1ccc(NC(=O)COC(=O)c2cccc(Cl)c2Cl)cc1. The van der Waals surface area contributed by atoms with Crippen molar-refractivity contribution in [3.63, 3.8) is 0 Å². The highest BCUT2D eigenvalue weighted by atomic mass is 35.5. The molecule has 0 saturated carbocycles. The number of amides is 1. The van der Waals surface area contributed by atoms with E-state index in [-0.39, 0.29) is 21.4 Å². The van der Waals surface area contributed by atoms with Crippen molar-refractivity contribution in [3.05, 3.63) is 63.6 Å². The number of nitrogens with one attached hydrogen (secondary N) is 1. The van der Waals surface area contributed by atoms with Crippen LogP contribution in [-0.2, 0) is 9.53 Å². The molecule has 0 spiro atoms. The second kappa shape index (κ2) is 7.95. The van der Waals surface area contributed by atoms with Crippen LogP contribution >= 0.6 is 23.2 Å². The molecule has 1 N–H and O–H groups in total. The largest absolute Gasteiger partial charge is 0.452 e. The van der Waals surface area contributed by atoms with Crippen LogP contribution in [0.3, 0.4) is 0 Å². The van der Waals surface area contributed by atoms with Crippen molar-refractivity contribution in [2.75, 3.05) is 11.9 Å². The van der Waals surface area contributed by atoms with Gasteiger partial charge >= 0.3 is 5.97 Å². The van der Waals surface area contributed by atoms with Crippen LogP contribution in [0, 0.1) is 0 Å². The maximum Gasteiger partial charge on any atom is 0.340 e. The van der Waals surface area contributed by atoms with Gasteiger partial charge in [-0.05, 0) is 43.3 Å². The molecule has 0 fully saturated rings. The van der Waals surface area contributed by atoms with E-state index in [1.165, 1.54) is 19.1 Å². The Morgan fingerprint density at radius 2 is 1.71 bits per heavy atom. The maximum atomic E-state index is 11.9. The lowest BCUT2D eigenvalue weighted by molar-refractivity contribution is -0.119. The third kappa shape index (κ3) is 4.57. The van der Waals surface area contributed by atoms with E-state index in [1.54, 1.807) is 30.3 Å². The van der Waals surface area contributed by atoms with Gasteiger partial charge in [0.15, 0.2) is 12.4 Å². The number of ether oxygens (including phenoxy) is 1. The highest BCUT2D eigenvalue weighted by Crippen LogP contribution is 2.25. The van der Waals surface area contributed by atoms with Crippen molar-refractivity contribution in [2.24, 2.45) is 0 Å². The van der Waals surface area contributed by atoms with Crippen molar-refractivity contribution < 1.29 is 19.1 Å². The first-order valence-electron chi connectivity index (χ1n) is 6.90. The third-order valence-electron chi connectivity index (χ3n) is 3.08. The summed E-state index contributed by atoms with van der Waals surface area (Å²) in [6.45, 7) is 0.976. The summed E-state index contributed by atoms with van der Waals surface area (Å²) >= 11 is 11.7. The molecule has 0 aliphatic heterocycles. The molecule has 124 valence electrons. The van der Waals surface area contributed by atoms with Crippen LogP contribution in [0.15, 0.2) is 42.5 Å². The fourth-order valence-corrected chi connectivity index (χ4v) is 2.23. The van der Waals surface area contributed by atoms with E-state index >= 15 is 0 Å². The number of carbonyl (C=O) groups is 3. The summed E-state index contributed by atoms with van der Waals surface area (Å²) in [4.78, 5) is 34.9. The predicted octanol–water partition coefficient (Wildman–Crippen LogP) is 3.99. The lowest BCUT2D eigenvalue weighted by atomic mass is 10.1. The van der Waals surface area contributed by atoms with E-state index in [0.717, 1.165) is 0 Å². The number of rotatable bonds is 5. The highest BCUT2D eigenvalue weighted by Gasteiger charge is 2.15. The van der Waals surface area contributed by atoms with E-state index in [1.807, 2.05) is 0 Å². The van der Waals surface area contributed by atoms with Gasteiger partial charge in [0.05, 0.1) is 15.6 Å². The number of Topliss-reactive ketones (excluding diaryl/α,β-unsaturated/α-hetero) is 1. The van der Waals surface area contributed by atoms with Crippen LogP contribution < -0.4 is 5.32 Å². The minimum absolute atomic E-state index is 0.0693. The number of hydrogen-bond acceptors (Lipinski definition) is 4. The number of esters is 1. The van der Waals surface area contributed by atoms with Gasteiger partial charge < -0.3 is 10.1 Å². The molecule has 0 aromatic heterocycles. The van der Waals surface area contributed by atoms with E-state index in [4.69, 9.17) is 27.9 Å². The normalized spacial score (nSPS) is 10.1. The molecule has 2 aromatic carbocycles. The summed E-state index contributed by atoms with van der Waals surface area (Å²) in [5, 5.41) is 2.85. The number of ketones is 1. The summed E-state index contributed by atoms with van der Waals surface area (Å²) in [5.74, 6) is -1.33. The van der Waals surface area contributed by atoms with Gasteiger partial charge in [-0.2, -0.15) is 0 Å². The monoisotopic (exact) mass is 365 g/mol. The Morgan fingerprint density at radius 3 is 2.33 bits per heavy atom. The first kappa shape index (κ1) is 18.0. The van der Waals surface area contributed by atoms with Crippen LogP contribution in [-0.4, -0.2) is 24.3 Å². The van der Waals surface area contributed by atoms with Gasteiger partial charge in [0.1, 0.15) is 0 Å². The minimum Gasteiger partial charge on any atom is -0.452 e. The Balaban J connectivity index is 1.92. The standard InChI is InChI=1S/C17H13Cl2NO4/c1-10(21)11-5-7-12(8-6-11)20-15(22)9-24-17(23)13-3-2-4-14(18)16(13)19/h2-8H,9H2,1H3,(H,20,22). The van der Waals surface area contributed by atoms with Gasteiger partial charge in [0.25, 0.3) is 5.91 Å². The van der Waals surface area contributed by atoms with Crippen molar-refractivity contribution in [3.8, 4) is 0 Å². The zero-order valence-corrected chi connectivity index (χ0v) is 14.1. The molecule has 0 aliphatic carbocycles. The molecule has 0 unspecified atom stereocenters. The molecule has 0 bridgehead atoms. The Bertz CT molecular complexity index is 788. The molecule has 1 amide bonds. The van der Waals surface area contributed by atoms with Crippen LogP contribution in [0.1, 0.15) is 27.6 Å². The molecule has 0 heterocycles. The zero-order chi connectivity index (χ0) is 17.7. The highest BCUT2D eigenvalue weighted by molar-refractivity contribution is 6.43. The van der Waals surface area contributed by atoms with Crippen LogP contribution in [0.2, 0.25) is 10.0 Å². The van der Waals surface area contributed by atoms with Crippen molar-refractivity contribution in [2.45, 2.75) is 6.92 Å². The molecular weight excluding hydrogens is 353 g/mol. The van der Waals surface area contributed by atoms with E-state index in [0.29, 0.717) is 11.3 Å². The first-order chi connectivity index (χ1) is 11.4. The number of benzene rings is 2. The molecule has 0 saturated heterocycles. The lowest BCUT2D eigenvalue weighted by Crippen LogP contribution is -2.21. The molecule has 0 radical (unpaired) electrons. The molecular formula is C17H13Cl2NO4. The summed E-state index contributed by atoms with van der Waals surface area (Å²) in [6, 6.07) is 10.9. The molecule has 5 nitrogen and oxygen atoms in total. The predicted molar refractivity (Wildman–Crippen MR) is 91.8 cm³/mol. The Labute approximate surface area is 148 Å². The molecule has 7 heteroatoms. The lowest BCUT2D eigenvalue weighted by Gasteiger charge is -2.08. The van der Waals surface area contributed by atoms with Gasteiger partial charge in [-0.15, -0.1) is 0 Å². The summed E-state index contributed by atoms with van der Waals surface area (Å²) in [6.07, 6.45) is 0. The number of anilines is 1. The second-order valence-corrected chi connectivity index (χ2v) is 5.64. The van der Waals surface area contributed by atoms with Crippen LogP contribution in [0.5, 0.6) is 0 Å². The summed E-state index contributed by atoms with van der Waals surface area (Å²) < 4.78 is 4.91. The fraction of sp³-hybridized carbons (Fsp3) is 0.118. The molecule has 24 heavy (non-hydrogen) atoms. The van der Waals surface area contributed by atoms with E-state index in [9.17, 15) is 14.4 Å². The summed E-state index contributed by atoms with van der Waals surface area (Å²) in [7, 11) is 0. The Hall–Kier alpha value is -2.37. The number of hydrogen-bond donors (Lipinski definition) is 1. The van der Waals surface area contributed by atoms with Gasteiger partial charge in [0, 0.05) is 11.3 Å². The van der Waals surface area contributed by atoms with Crippen LogP contribution in [0.4, 0.5) is 5.69 Å². The van der Waals surface area contributed by atoms with E-state index in [2.05, 4.69) is 5.32 Å². The number of halogens is 2. The number of carbonyl (C=O) groups excluding carboxylic acids is 3. The molecule has 0 aliphatic rings. The van der Waals surface area contributed by atoms with Gasteiger partial charge in [0.2, 0.25) is 0 Å². The third-order valence-corrected chi connectivity index (χ3v) is 3.90. The quantitative estimate of drug-likeness (QED) is 0.642. The fourth-order valence-electron chi connectivity index (χ4n) is 1.86. The van der Waals surface area contributed by atoms with Gasteiger partial charge in [-0.25, -0.2) is 4.79 Å².